The predicted octanol–water partition coefficient (Wildman–Crippen LogP) is 1.11. The number of nitrogens with one attached hydrogen (secondary N) is 1. The van der Waals surface area contributed by atoms with Crippen LogP contribution in [0, 0.1) is 0 Å². The molecule has 0 amide bonds. The van der Waals surface area contributed by atoms with Crippen molar-refractivity contribution in [1.29, 1.82) is 0 Å². The Morgan fingerprint density at radius 2 is 2.38 bits per heavy atom. The van der Waals surface area contributed by atoms with E-state index in [2.05, 4.69) is 10.3 Å². The van der Waals surface area contributed by atoms with E-state index < -0.39 is 0 Å². The van der Waals surface area contributed by atoms with Crippen molar-refractivity contribution in [2.45, 2.75) is 6.92 Å². The minimum atomic E-state index is 0.676. The van der Waals surface area contributed by atoms with E-state index in [1.807, 2.05) is 19.1 Å². The summed E-state index contributed by atoms with van der Waals surface area (Å²) in [5.41, 5.74) is 6.16. The first-order valence-electron chi connectivity index (χ1n) is 4.36. The van der Waals surface area contributed by atoms with Crippen LogP contribution in [-0.4, -0.2) is 24.7 Å². The zero-order valence-corrected chi connectivity index (χ0v) is 7.79. The monoisotopic (exact) mass is 181 g/mol. The van der Waals surface area contributed by atoms with Crippen molar-refractivity contribution in [2.24, 2.45) is 0 Å². The van der Waals surface area contributed by atoms with Crippen LogP contribution < -0.4 is 11.1 Å². The number of rotatable bonds is 5. The maximum Gasteiger partial charge on any atom is 0.126 e. The third-order valence-corrected chi connectivity index (χ3v) is 1.54. The van der Waals surface area contributed by atoms with Gasteiger partial charge in [-0.3, -0.25) is 0 Å². The number of pyridine rings is 1. The Morgan fingerprint density at radius 3 is 3.00 bits per heavy atom. The average Bonchev–Trinajstić information content (AvgIpc) is 2.15. The van der Waals surface area contributed by atoms with E-state index >= 15 is 0 Å². The summed E-state index contributed by atoms with van der Waals surface area (Å²) in [5.74, 6) is 0.828. The number of anilines is 2. The normalized spacial score (nSPS) is 9.92. The molecular formula is C9H15N3O. The van der Waals surface area contributed by atoms with Gasteiger partial charge in [0.05, 0.1) is 18.5 Å². The van der Waals surface area contributed by atoms with E-state index in [9.17, 15) is 0 Å². The Kier molecular flexibility index (Phi) is 4.05. The van der Waals surface area contributed by atoms with Crippen molar-refractivity contribution in [3.63, 3.8) is 0 Å². The molecule has 0 radical (unpaired) electrons. The van der Waals surface area contributed by atoms with Gasteiger partial charge in [-0.2, -0.15) is 0 Å². The van der Waals surface area contributed by atoms with Crippen molar-refractivity contribution in [3.05, 3.63) is 18.3 Å². The van der Waals surface area contributed by atoms with Crippen LogP contribution in [0.5, 0.6) is 0 Å². The molecule has 0 fully saturated rings. The molecule has 0 aliphatic rings. The summed E-state index contributed by atoms with van der Waals surface area (Å²) >= 11 is 0. The molecule has 0 unspecified atom stereocenters. The number of nitrogen functional groups attached to an aromatic ring is 1. The molecule has 1 rings (SSSR count). The SMILES string of the molecule is CCOCCNc1ccc(N)cn1. The minimum absolute atomic E-state index is 0.676. The van der Waals surface area contributed by atoms with Crippen LogP contribution in [0.1, 0.15) is 6.92 Å². The zero-order valence-electron chi connectivity index (χ0n) is 7.79. The predicted molar refractivity (Wildman–Crippen MR) is 53.6 cm³/mol. The number of aromatic nitrogens is 1. The zero-order chi connectivity index (χ0) is 9.52. The molecule has 0 aliphatic carbocycles. The second kappa shape index (κ2) is 5.37. The lowest BCUT2D eigenvalue weighted by atomic mass is 10.4. The highest BCUT2D eigenvalue weighted by Gasteiger charge is 1.91. The Bertz CT molecular complexity index is 235. The molecule has 4 nitrogen and oxygen atoms in total. The summed E-state index contributed by atoms with van der Waals surface area (Å²) in [7, 11) is 0. The van der Waals surface area contributed by atoms with Gasteiger partial charge in [-0.25, -0.2) is 4.98 Å². The highest BCUT2D eigenvalue weighted by molar-refractivity contribution is 5.43. The quantitative estimate of drug-likeness (QED) is 0.668. The van der Waals surface area contributed by atoms with Crippen LogP contribution in [0.4, 0.5) is 11.5 Å². The molecule has 1 heterocycles. The van der Waals surface area contributed by atoms with Crippen molar-refractivity contribution >= 4 is 11.5 Å². The number of nitrogens with zero attached hydrogens (tertiary/aromatic N) is 1. The summed E-state index contributed by atoms with van der Waals surface area (Å²) in [6, 6.07) is 3.66. The largest absolute Gasteiger partial charge is 0.397 e. The fourth-order valence-electron chi connectivity index (χ4n) is 0.905. The number of hydrogen-bond acceptors (Lipinski definition) is 4. The third kappa shape index (κ3) is 3.75. The molecule has 13 heavy (non-hydrogen) atoms. The first-order chi connectivity index (χ1) is 6.33. The maximum absolute atomic E-state index is 5.49. The molecule has 0 saturated heterocycles. The molecule has 0 aromatic carbocycles. The van der Waals surface area contributed by atoms with E-state index in [-0.39, 0.29) is 0 Å². The summed E-state index contributed by atoms with van der Waals surface area (Å²) in [4.78, 5) is 4.08. The molecule has 0 aliphatic heterocycles. The summed E-state index contributed by atoms with van der Waals surface area (Å²) in [6.45, 7) is 4.19. The second-order valence-corrected chi connectivity index (χ2v) is 2.60. The second-order valence-electron chi connectivity index (χ2n) is 2.60. The van der Waals surface area contributed by atoms with Gasteiger partial charge in [-0.15, -0.1) is 0 Å². The van der Waals surface area contributed by atoms with Gasteiger partial charge in [0.25, 0.3) is 0 Å². The van der Waals surface area contributed by atoms with Gasteiger partial charge in [0.15, 0.2) is 0 Å². The van der Waals surface area contributed by atoms with Crippen LogP contribution in [0.2, 0.25) is 0 Å². The van der Waals surface area contributed by atoms with E-state index in [0.717, 1.165) is 19.0 Å². The average molecular weight is 181 g/mol. The Hall–Kier alpha value is -1.29. The summed E-state index contributed by atoms with van der Waals surface area (Å²) < 4.78 is 5.16. The molecular weight excluding hydrogens is 166 g/mol. The number of hydrogen-bond donors (Lipinski definition) is 2. The lowest BCUT2D eigenvalue weighted by molar-refractivity contribution is 0.158. The van der Waals surface area contributed by atoms with Crippen molar-refractivity contribution < 1.29 is 4.74 Å². The number of nitrogens with two attached hydrogens (primary N) is 1. The van der Waals surface area contributed by atoms with Gasteiger partial charge < -0.3 is 15.8 Å². The van der Waals surface area contributed by atoms with Crippen LogP contribution in [0.15, 0.2) is 18.3 Å². The first-order valence-corrected chi connectivity index (χ1v) is 4.36. The van der Waals surface area contributed by atoms with E-state index in [4.69, 9.17) is 10.5 Å². The van der Waals surface area contributed by atoms with E-state index in [0.29, 0.717) is 12.3 Å². The van der Waals surface area contributed by atoms with E-state index in [1.54, 1.807) is 6.20 Å². The number of ether oxygens (including phenoxy) is 1. The van der Waals surface area contributed by atoms with E-state index in [1.165, 1.54) is 0 Å². The fraction of sp³-hybridized carbons (Fsp3) is 0.444. The Morgan fingerprint density at radius 1 is 1.54 bits per heavy atom. The molecule has 0 spiro atoms. The fourth-order valence-corrected chi connectivity index (χ4v) is 0.905. The summed E-state index contributed by atoms with van der Waals surface area (Å²) in [5, 5.41) is 3.12. The molecule has 0 atom stereocenters. The van der Waals surface area contributed by atoms with Gasteiger partial charge >= 0.3 is 0 Å². The molecule has 1 aromatic heterocycles. The smallest absolute Gasteiger partial charge is 0.126 e. The molecule has 1 aromatic rings. The van der Waals surface area contributed by atoms with Crippen molar-refractivity contribution in [1.82, 2.24) is 4.98 Å². The summed E-state index contributed by atoms with van der Waals surface area (Å²) in [6.07, 6.45) is 1.63. The lowest BCUT2D eigenvalue weighted by Crippen LogP contribution is -2.10. The van der Waals surface area contributed by atoms with Crippen LogP contribution in [-0.2, 0) is 4.74 Å². The molecule has 3 N–H and O–H groups in total. The van der Waals surface area contributed by atoms with Crippen LogP contribution in [0.25, 0.3) is 0 Å². The van der Waals surface area contributed by atoms with Gasteiger partial charge in [-0.05, 0) is 19.1 Å². The van der Waals surface area contributed by atoms with Gasteiger partial charge in [0.1, 0.15) is 5.82 Å². The Labute approximate surface area is 78.1 Å². The van der Waals surface area contributed by atoms with Gasteiger partial charge in [-0.1, -0.05) is 0 Å². The molecule has 0 saturated carbocycles. The van der Waals surface area contributed by atoms with Crippen LogP contribution >= 0.6 is 0 Å². The van der Waals surface area contributed by atoms with Gasteiger partial charge in [0, 0.05) is 13.2 Å². The van der Waals surface area contributed by atoms with Crippen molar-refractivity contribution in [2.75, 3.05) is 30.8 Å². The standard InChI is InChI=1S/C9H15N3O/c1-2-13-6-5-11-9-4-3-8(10)7-12-9/h3-4,7H,2,5-6,10H2,1H3,(H,11,12). The maximum atomic E-state index is 5.49. The highest BCUT2D eigenvalue weighted by atomic mass is 16.5. The Balaban J connectivity index is 2.25. The van der Waals surface area contributed by atoms with Crippen molar-refractivity contribution in [3.8, 4) is 0 Å². The molecule has 0 bridgehead atoms. The topological polar surface area (TPSA) is 60.2 Å². The first kappa shape index (κ1) is 9.80. The lowest BCUT2D eigenvalue weighted by Gasteiger charge is -2.04. The molecule has 4 heteroatoms. The van der Waals surface area contributed by atoms with Crippen LogP contribution in [0.3, 0.4) is 0 Å². The minimum Gasteiger partial charge on any atom is -0.397 e. The highest BCUT2D eigenvalue weighted by Crippen LogP contribution is 2.04. The van der Waals surface area contributed by atoms with Gasteiger partial charge in [0.2, 0.25) is 0 Å². The molecule has 72 valence electrons. The third-order valence-electron chi connectivity index (χ3n) is 1.54.